The van der Waals surface area contributed by atoms with Gasteiger partial charge in [0.2, 0.25) is 0 Å². The highest BCUT2D eigenvalue weighted by molar-refractivity contribution is 5.88. The van der Waals surface area contributed by atoms with Gasteiger partial charge in [0.15, 0.2) is 5.82 Å². The Morgan fingerprint density at radius 1 is 1.35 bits per heavy atom. The van der Waals surface area contributed by atoms with E-state index in [1.54, 1.807) is 23.0 Å². The fraction of sp³-hybridized carbons (Fsp3) is 0.467. The minimum absolute atomic E-state index is 0.138. The largest absolute Gasteiger partial charge is 0.393 e. The Hall–Kier alpha value is -2.48. The van der Waals surface area contributed by atoms with Crippen molar-refractivity contribution < 1.29 is 9.90 Å². The van der Waals surface area contributed by atoms with Crippen molar-refractivity contribution in [3.8, 4) is 11.4 Å². The van der Waals surface area contributed by atoms with Crippen molar-refractivity contribution in [1.82, 2.24) is 25.3 Å². The van der Waals surface area contributed by atoms with Gasteiger partial charge >= 0.3 is 6.03 Å². The Morgan fingerprint density at radius 2 is 2.22 bits per heavy atom. The Bertz CT molecular complexity index is 669. The van der Waals surface area contributed by atoms with Gasteiger partial charge in [-0.1, -0.05) is 6.42 Å². The van der Waals surface area contributed by atoms with Crippen LogP contribution in [0, 0.1) is 5.92 Å². The smallest absolute Gasteiger partial charge is 0.320 e. The lowest BCUT2D eigenvalue weighted by atomic mass is 10.1. The average Bonchev–Trinajstić information content (AvgIpc) is 3.14. The first-order valence-electron chi connectivity index (χ1n) is 7.68. The van der Waals surface area contributed by atoms with E-state index in [1.807, 2.05) is 13.1 Å². The summed E-state index contributed by atoms with van der Waals surface area (Å²) in [5.41, 5.74) is 1.54. The van der Waals surface area contributed by atoms with Crippen molar-refractivity contribution in [1.29, 1.82) is 0 Å². The molecule has 0 aromatic carbocycles. The number of carbonyl (C=O) groups excluding carboxylic acids is 1. The number of aliphatic hydroxyl groups excluding tert-OH is 1. The molecule has 122 valence electrons. The fourth-order valence-electron chi connectivity index (χ4n) is 2.80. The third kappa shape index (κ3) is 3.65. The molecule has 23 heavy (non-hydrogen) atoms. The van der Waals surface area contributed by atoms with E-state index in [1.165, 1.54) is 0 Å². The van der Waals surface area contributed by atoms with Gasteiger partial charge in [0.05, 0.1) is 11.8 Å². The van der Waals surface area contributed by atoms with Crippen LogP contribution in [0.25, 0.3) is 11.4 Å². The van der Waals surface area contributed by atoms with Gasteiger partial charge in [0.25, 0.3) is 0 Å². The summed E-state index contributed by atoms with van der Waals surface area (Å²) >= 11 is 0. The van der Waals surface area contributed by atoms with E-state index >= 15 is 0 Å². The number of hydrogen-bond donors (Lipinski definition) is 3. The molecular formula is C15H20N6O2. The lowest BCUT2D eigenvalue weighted by Gasteiger charge is -2.15. The summed E-state index contributed by atoms with van der Waals surface area (Å²) < 4.78 is 1.71. The second-order valence-corrected chi connectivity index (χ2v) is 5.74. The fourth-order valence-corrected chi connectivity index (χ4v) is 2.80. The van der Waals surface area contributed by atoms with Crippen LogP contribution in [0.5, 0.6) is 0 Å². The van der Waals surface area contributed by atoms with E-state index in [0.29, 0.717) is 18.1 Å². The first-order chi connectivity index (χ1) is 11.1. The molecule has 1 aliphatic rings. The second kappa shape index (κ2) is 6.74. The van der Waals surface area contributed by atoms with E-state index in [2.05, 4.69) is 25.9 Å². The predicted molar refractivity (Wildman–Crippen MR) is 84.6 cm³/mol. The van der Waals surface area contributed by atoms with E-state index < -0.39 is 0 Å². The minimum atomic E-state index is -0.341. The third-order valence-electron chi connectivity index (χ3n) is 4.13. The van der Waals surface area contributed by atoms with Crippen LogP contribution < -0.4 is 10.6 Å². The average molecular weight is 316 g/mol. The Kier molecular flexibility index (Phi) is 4.52. The minimum Gasteiger partial charge on any atom is -0.393 e. The molecule has 0 spiro atoms. The van der Waals surface area contributed by atoms with Crippen LogP contribution in [-0.4, -0.2) is 43.8 Å². The summed E-state index contributed by atoms with van der Waals surface area (Å²) in [4.78, 5) is 11.9. The highest BCUT2D eigenvalue weighted by atomic mass is 16.3. The number of aryl methyl sites for hydroxylation is 1. The van der Waals surface area contributed by atoms with Gasteiger partial charge in [0.1, 0.15) is 5.69 Å². The van der Waals surface area contributed by atoms with Crippen LogP contribution in [0.3, 0.4) is 0 Å². The molecule has 0 unspecified atom stereocenters. The molecule has 1 fully saturated rings. The van der Waals surface area contributed by atoms with Crippen LogP contribution in [0.4, 0.5) is 10.6 Å². The third-order valence-corrected chi connectivity index (χ3v) is 4.13. The van der Waals surface area contributed by atoms with Gasteiger partial charge in [-0.3, -0.25) is 10.00 Å². The quantitative estimate of drug-likeness (QED) is 0.785. The topological polar surface area (TPSA) is 105 Å². The molecule has 8 heteroatoms. The van der Waals surface area contributed by atoms with Crippen molar-refractivity contribution in [3.05, 3.63) is 24.4 Å². The standard InChI is InChI=1S/C15H20N6O2/c1-21-12(7-8-17-21)11-5-6-14(20-19-11)18-15(23)16-9-10-3-2-4-13(10)22/h5-8,10,13,22H,2-4,9H2,1H3,(H2,16,18,20,23)/t10-,13+/m0/s1. The van der Waals surface area contributed by atoms with Gasteiger partial charge in [-0.2, -0.15) is 5.10 Å². The van der Waals surface area contributed by atoms with Crippen LogP contribution in [0.1, 0.15) is 19.3 Å². The molecule has 1 aliphatic carbocycles. The molecular weight excluding hydrogens is 296 g/mol. The van der Waals surface area contributed by atoms with E-state index in [0.717, 1.165) is 25.0 Å². The van der Waals surface area contributed by atoms with Crippen molar-refractivity contribution in [3.63, 3.8) is 0 Å². The second-order valence-electron chi connectivity index (χ2n) is 5.74. The van der Waals surface area contributed by atoms with Crippen molar-refractivity contribution in [2.45, 2.75) is 25.4 Å². The van der Waals surface area contributed by atoms with E-state index in [-0.39, 0.29) is 18.1 Å². The zero-order valence-corrected chi connectivity index (χ0v) is 12.9. The summed E-state index contributed by atoms with van der Waals surface area (Å²) in [6.45, 7) is 0.466. The summed E-state index contributed by atoms with van der Waals surface area (Å²) in [7, 11) is 1.83. The Morgan fingerprint density at radius 3 is 2.83 bits per heavy atom. The van der Waals surface area contributed by atoms with Crippen LogP contribution >= 0.6 is 0 Å². The maximum Gasteiger partial charge on any atom is 0.320 e. The normalized spacial score (nSPS) is 20.4. The maximum absolute atomic E-state index is 11.9. The Balaban J connectivity index is 1.53. The number of aliphatic hydroxyl groups is 1. The first-order valence-corrected chi connectivity index (χ1v) is 7.68. The van der Waals surface area contributed by atoms with Gasteiger partial charge in [-0.05, 0) is 31.0 Å². The highest BCUT2D eigenvalue weighted by Gasteiger charge is 2.25. The van der Waals surface area contributed by atoms with Gasteiger partial charge in [-0.15, -0.1) is 10.2 Å². The monoisotopic (exact) mass is 316 g/mol. The predicted octanol–water partition coefficient (Wildman–Crippen LogP) is 1.16. The Labute approximate surface area is 133 Å². The van der Waals surface area contributed by atoms with Crippen LogP contribution in [0.15, 0.2) is 24.4 Å². The number of anilines is 1. The summed E-state index contributed by atoms with van der Waals surface area (Å²) in [6.07, 6.45) is 4.15. The first kappa shape index (κ1) is 15.4. The highest BCUT2D eigenvalue weighted by Crippen LogP contribution is 2.24. The number of amides is 2. The number of aromatic nitrogens is 4. The van der Waals surface area contributed by atoms with Crippen LogP contribution in [-0.2, 0) is 7.05 Å². The van der Waals surface area contributed by atoms with Crippen molar-refractivity contribution in [2.24, 2.45) is 13.0 Å². The van der Waals surface area contributed by atoms with Crippen LogP contribution in [0.2, 0.25) is 0 Å². The lowest BCUT2D eigenvalue weighted by molar-refractivity contribution is 0.133. The van der Waals surface area contributed by atoms with E-state index in [4.69, 9.17) is 0 Å². The molecule has 0 aliphatic heterocycles. The molecule has 1 saturated carbocycles. The molecule has 8 nitrogen and oxygen atoms in total. The number of hydrogen-bond acceptors (Lipinski definition) is 5. The molecule has 2 amide bonds. The number of carbonyl (C=O) groups is 1. The summed E-state index contributed by atoms with van der Waals surface area (Å²) in [6, 6.07) is 4.97. The van der Waals surface area contributed by atoms with Gasteiger partial charge in [-0.25, -0.2) is 4.79 Å². The summed E-state index contributed by atoms with van der Waals surface area (Å²) in [5, 5.41) is 27.3. The molecule has 2 aromatic heterocycles. The summed E-state index contributed by atoms with van der Waals surface area (Å²) in [5.74, 6) is 0.513. The number of nitrogens with zero attached hydrogens (tertiary/aromatic N) is 4. The number of rotatable bonds is 4. The molecule has 0 saturated heterocycles. The molecule has 2 atom stereocenters. The van der Waals surface area contributed by atoms with Gasteiger partial charge in [0, 0.05) is 25.7 Å². The molecule has 3 rings (SSSR count). The maximum atomic E-state index is 11.9. The van der Waals surface area contributed by atoms with Gasteiger partial charge < -0.3 is 10.4 Å². The molecule has 0 bridgehead atoms. The zero-order valence-electron chi connectivity index (χ0n) is 12.9. The van der Waals surface area contributed by atoms with Crippen molar-refractivity contribution >= 4 is 11.8 Å². The molecule has 2 heterocycles. The number of nitrogens with one attached hydrogen (secondary N) is 2. The van der Waals surface area contributed by atoms with E-state index in [9.17, 15) is 9.90 Å². The zero-order chi connectivity index (χ0) is 16.2. The molecule has 0 radical (unpaired) electrons. The number of urea groups is 1. The SMILES string of the molecule is Cn1nccc1-c1ccc(NC(=O)NC[C@@H]2CCC[C@H]2O)nn1. The molecule has 3 N–H and O–H groups in total. The lowest BCUT2D eigenvalue weighted by Crippen LogP contribution is -2.35. The van der Waals surface area contributed by atoms with Crippen molar-refractivity contribution in [2.75, 3.05) is 11.9 Å². The molecule has 2 aromatic rings.